The molecule has 0 unspecified atom stereocenters. The minimum Gasteiger partial charge on any atom is -0.218 e. The van der Waals surface area contributed by atoms with Crippen LogP contribution >= 0.6 is 22.7 Å². The monoisotopic (exact) mass is 730 g/mol. The molecule has 0 spiro atoms. The van der Waals surface area contributed by atoms with Gasteiger partial charge in [-0.15, -0.1) is 22.7 Å². The molecule has 4 heterocycles. The normalized spacial score (nSPS) is 17.1. The van der Waals surface area contributed by atoms with Crippen LogP contribution in [0.2, 0.25) is 0 Å². The summed E-state index contributed by atoms with van der Waals surface area (Å²) in [6.07, 6.45) is 24.1. The van der Waals surface area contributed by atoms with Gasteiger partial charge in [-0.3, -0.25) is 0 Å². The third kappa shape index (κ3) is 9.73. The van der Waals surface area contributed by atoms with Crippen molar-refractivity contribution in [1.82, 2.24) is 0 Å². The molecule has 0 aromatic carbocycles. The fourth-order valence-electron chi connectivity index (χ4n) is 6.73. The van der Waals surface area contributed by atoms with E-state index in [2.05, 4.69) is 39.8 Å². The van der Waals surface area contributed by atoms with E-state index in [1.807, 2.05) is 12.1 Å². The molecular weight excluding hydrogens is 673 g/mol. The molecule has 0 saturated heterocycles. The molecule has 4 rings (SSSR count). The topological polar surface area (TPSA) is 68.3 Å². The fraction of sp³-hybridized carbons (Fsp3) is 0.600. The van der Waals surface area contributed by atoms with Crippen molar-refractivity contribution in [3.63, 3.8) is 0 Å². The summed E-state index contributed by atoms with van der Waals surface area (Å²) in [5, 5.41) is 0. The van der Waals surface area contributed by atoms with E-state index in [0.29, 0.717) is 22.7 Å². The number of thiophene rings is 2. The lowest BCUT2D eigenvalue weighted by atomic mass is 10.0. The first-order chi connectivity index (χ1) is 23.2. The van der Waals surface area contributed by atoms with Gasteiger partial charge in [-0.25, -0.2) is 16.8 Å². The zero-order valence-electron chi connectivity index (χ0n) is 29.9. The largest absolute Gasteiger partial charge is 0.218 e. The summed E-state index contributed by atoms with van der Waals surface area (Å²) in [7, 11) is -8.07. The average molecular weight is 731 g/mol. The van der Waals surface area contributed by atoms with Crippen molar-refractivity contribution in [3.05, 3.63) is 76.9 Å². The van der Waals surface area contributed by atoms with Crippen LogP contribution in [0.4, 0.5) is 0 Å². The third-order valence-corrected chi connectivity index (χ3v) is 16.1. The summed E-state index contributed by atoms with van der Waals surface area (Å²) in [5.41, 5.74) is 1.53. The maximum absolute atomic E-state index is 14.6. The van der Waals surface area contributed by atoms with Crippen molar-refractivity contribution in [3.8, 4) is 0 Å². The van der Waals surface area contributed by atoms with Crippen molar-refractivity contribution < 1.29 is 16.8 Å². The summed E-state index contributed by atoms with van der Waals surface area (Å²) < 4.78 is 58.2. The second-order valence-electron chi connectivity index (χ2n) is 13.5. The van der Waals surface area contributed by atoms with Gasteiger partial charge in [0.2, 0.25) is 19.7 Å². The molecule has 2 aliphatic heterocycles. The first-order valence-electron chi connectivity index (χ1n) is 18.8. The minimum absolute atomic E-state index is 0.0294. The van der Waals surface area contributed by atoms with Crippen molar-refractivity contribution in [2.75, 3.05) is 0 Å². The van der Waals surface area contributed by atoms with Crippen LogP contribution < -0.4 is 0 Å². The molecule has 0 atom stereocenters. The van der Waals surface area contributed by atoms with Gasteiger partial charge in [0.05, 0.1) is 19.6 Å². The van der Waals surface area contributed by atoms with Crippen molar-refractivity contribution in [1.29, 1.82) is 0 Å². The van der Waals surface area contributed by atoms with Crippen LogP contribution in [0, 0.1) is 0 Å². The number of unbranched alkanes of at least 4 members (excludes halogenated alkanes) is 12. The molecule has 0 N–H and O–H groups in total. The number of rotatable bonds is 23. The quantitative estimate of drug-likeness (QED) is 0.107. The van der Waals surface area contributed by atoms with Crippen LogP contribution in [0.5, 0.6) is 0 Å². The van der Waals surface area contributed by atoms with Gasteiger partial charge in [-0.2, -0.15) is 0 Å². The van der Waals surface area contributed by atoms with Crippen molar-refractivity contribution in [2.24, 2.45) is 0 Å². The lowest BCUT2D eigenvalue weighted by molar-refractivity contribution is 0.607. The maximum Gasteiger partial charge on any atom is 0.209 e. The molecule has 0 bridgehead atoms. The van der Waals surface area contributed by atoms with Gasteiger partial charge in [-0.05, 0) is 98.9 Å². The lowest BCUT2D eigenvalue weighted by Gasteiger charge is -2.10. The zero-order chi connectivity index (χ0) is 34.6. The predicted octanol–water partition coefficient (Wildman–Crippen LogP) is 12.7. The smallest absolute Gasteiger partial charge is 0.209 e. The van der Waals surface area contributed by atoms with E-state index in [-0.39, 0.29) is 9.81 Å². The Labute approximate surface area is 300 Å². The van der Waals surface area contributed by atoms with Crippen molar-refractivity contribution >= 4 is 52.2 Å². The molecule has 48 heavy (non-hydrogen) atoms. The Kier molecular flexibility index (Phi) is 15.5. The molecular formula is C40H58O4S4. The number of aryl methyl sites for hydroxylation is 2. The first kappa shape index (κ1) is 39.1. The average Bonchev–Trinajstić information content (AvgIpc) is 3.82. The first-order valence-corrected chi connectivity index (χ1v) is 23.4. The van der Waals surface area contributed by atoms with Crippen LogP contribution in [0.1, 0.15) is 163 Å². The molecule has 4 nitrogen and oxygen atoms in total. The van der Waals surface area contributed by atoms with Gasteiger partial charge in [0.1, 0.15) is 0 Å². The van der Waals surface area contributed by atoms with E-state index >= 15 is 0 Å². The second kappa shape index (κ2) is 19.0. The molecule has 0 fully saturated rings. The Balaban J connectivity index is 1.68. The highest BCUT2D eigenvalue weighted by Gasteiger charge is 2.44. The highest BCUT2D eigenvalue weighted by atomic mass is 32.2. The Bertz CT molecular complexity index is 1570. The predicted molar refractivity (Wildman–Crippen MR) is 210 cm³/mol. The van der Waals surface area contributed by atoms with E-state index in [0.717, 1.165) is 98.0 Å². The van der Waals surface area contributed by atoms with Gasteiger partial charge in [-0.1, -0.05) is 105 Å². The van der Waals surface area contributed by atoms with E-state index < -0.39 is 19.7 Å². The summed E-state index contributed by atoms with van der Waals surface area (Å²) in [5.74, 6) is 0. The summed E-state index contributed by atoms with van der Waals surface area (Å²) in [4.78, 5) is 4.47. The van der Waals surface area contributed by atoms with Gasteiger partial charge in [0, 0.05) is 19.5 Å². The van der Waals surface area contributed by atoms with Gasteiger partial charge < -0.3 is 0 Å². The van der Waals surface area contributed by atoms with E-state index in [1.54, 1.807) is 34.8 Å². The molecule has 266 valence electrons. The van der Waals surface area contributed by atoms with Crippen molar-refractivity contribution in [2.45, 2.75) is 156 Å². The van der Waals surface area contributed by atoms with E-state index in [1.165, 1.54) is 48.3 Å². The Hall–Kier alpha value is -1.74. The van der Waals surface area contributed by atoms with E-state index in [9.17, 15) is 16.8 Å². The molecule has 0 amide bonds. The lowest BCUT2D eigenvalue weighted by Crippen LogP contribution is -2.11. The Morgan fingerprint density at radius 3 is 1.10 bits per heavy atom. The maximum atomic E-state index is 14.6. The summed E-state index contributed by atoms with van der Waals surface area (Å²) >= 11 is 3.12. The molecule has 2 aromatic heterocycles. The van der Waals surface area contributed by atoms with Gasteiger partial charge in [0.25, 0.3) is 0 Å². The number of hydrogen-bond donors (Lipinski definition) is 0. The van der Waals surface area contributed by atoms with Gasteiger partial charge >= 0.3 is 0 Å². The Morgan fingerprint density at radius 1 is 0.438 bits per heavy atom. The fourth-order valence-corrected chi connectivity index (χ4v) is 13.7. The molecule has 0 aliphatic carbocycles. The minimum atomic E-state index is -4.03. The van der Waals surface area contributed by atoms with E-state index in [4.69, 9.17) is 0 Å². The van der Waals surface area contributed by atoms with Gasteiger partial charge in [0.15, 0.2) is 0 Å². The summed E-state index contributed by atoms with van der Waals surface area (Å²) in [6.45, 7) is 8.74. The third-order valence-electron chi connectivity index (χ3n) is 9.48. The highest BCUT2D eigenvalue weighted by Crippen LogP contribution is 2.50. The van der Waals surface area contributed by atoms with Crippen LogP contribution in [0.25, 0.3) is 9.81 Å². The second-order valence-corrected chi connectivity index (χ2v) is 19.6. The summed E-state index contributed by atoms with van der Waals surface area (Å²) in [6, 6.07) is 8.03. The number of hydrogen-bond acceptors (Lipinski definition) is 6. The molecule has 2 aliphatic rings. The van der Waals surface area contributed by atoms with Crippen LogP contribution in [-0.2, 0) is 32.5 Å². The van der Waals surface area contributed by atoms with Crippen LogP contribution in [-0.4, -0.2) is 16.8 Å². The number of allylic oxidation sites excluding steroid dienone is 4. The molecule has 0 saturated carbocycles. The van der Waals surface area contributed by atoms with Crippen LogP contribution in [0.3, 0.4) is 0 Å². The van der Waals surface area contributed by atoms with Crippen LogP contribution in [0.15, 0.2) is 57.4 Å². The molecule has 0 radical (unpaired) electrons. The molecule has 2 aromatic rings. The zero-order valence-corrected chi connectivity index (χ0v) is 33.1. The molecule has 8 heteroatoms. The Morgan fingerprint density at radius 2 is 0.771 bits per heavy atom. The SMILES string of the molecule is CCCCCCC1=C(c2ccc(CCCCCC)s2)S(=O)(=O)C(C2=CC(CCCCCC)=C(c3ccc(CCCCCC)s3)S2(=O)=O)=C1. The standard InChI is InChI=1S/C40H58O4S4/c1-5-9-13-17-21-31-29-37(47(41,42)39(31)35-27-25-33(45-35)23-19-15-11-7-3)38-30-32(22-18-14-10-6-2)40(48(38,43)44)36-28-26-34(46-36)24-20-16-12-8-4/h25-30H,5-24H2,1-4H3. The number of sulfone groups is 2. The highest BCUT2D eigenvalue weighted by molar-refractivity contribution is 8.09.